The number of ether oxygens (including phenoxy) is 3. The molecule has 1 atom stereocenters. The van der Waals surface area contributed by atoms with E-state index in [1.807, 2.05) is 24.3 Å². The molecule has 0 aliphatic heterocycles. The van der Waals surface area contributed by atoms with Crippen molar-refractivity contribution < 1.29 is 19.0 Å². The molecule has 0 spiro atoms. The molecule has 8 nitrogen and oxygen atoms in total. The minimum atomic E-state index is -0.343. The Balaban J connectivity index is 1.91. The lowest BCUT2D eigenvalue weighted by Crippen LogP contribution is -2.26. The molecule has 4 rings (SSSR count). The van der Waals surface area contributed by atoms with Gasteiger partial charge in [-0.15, -0.1) is 0 Å². The third-order valence-corrected chi connectivity index (χ3v) is 6.15. The van der Waals surface area contributed by atoms with Gasteiger partial charge in [-0.05, 0) is 65.4 Å². The average molecular weight is 476 g/mol. The molecule has 0 fully saturated rings. The summed E-state index contributed by atoms with van der Waals surface area (Å²) in [5, 5.41) is 6.25. The lowest BCUT2D eigenvalue weighted by molar-refractivity contribution is -0.119. The second kappa shape index (κ2) is 10.5. The number of benzene rings is 1. The Morgan fingerprint density at radius 1 is 1.03 bits per heavy atom. The van der Waals surface area contributed by atoms with Gasteiger partial charge in [0.2, 0.25) is 17.1 Å². The Kier molecular flexibility index (Phi) is 7.19. The van der Waals surface area contributed by atoms with E-state index < -0.39 is 0 Å². The highest BCUT2D eigenvalue weighted by Crippen LogP contribution is 2.50. The number of rotatable bonds is 7. The van der Waals surface area contributed by atoms with Crippen molar-refractivity contribution in [1.82, 2.24) is 10.3 Å². The zero-order chi connectivity index (χ0) is 24.9. The van der Waals surface area contributed by atoms with Crippen LogP contribution in [0.3, 0.4) is 0 Å². The number of hydrogen-bond donors (Lipinski definition) is 2. The van der Waals surface area contributed by atoms with E-state index in [4.69, 9.17) is 14.2 Å². The molecule has 182 valence electrons. The summed E-state index contributed by atoms with van der Waals surface area (Å²) in [5.41, 5.74) is 4.63. The van der Waals surface area contributed by atoms with Gasteiger partial charge in [-0.2, -0.15) is 0 Å². The molecular formula is C27H29N3O5. The molecule has 1 aliphatic rings. The summed E-state index contributed by atoms with van der Waals surface area (Å²) in [6, 6.07) is 10.7. The van der Waals surface area contributed by atoms with E-state index in [0.717, 1.165) is 27.8 Å². The highest BCUT2D eigenvalue weighted by Gasteiger charge is 2.29. The molecule has 1 heterocycles. The molecule has 1 unspecified atom stereocenters. The number of methoxy groups -OCH3 is 3. The summed E-state index contributed by atoms with van der Waals surface area (Å²) in [6.07, 6.45) is 4.69. The number of nitrogens with zero attached hydrogens (tertiary/aromatic N) is 1. The number of nitrogens with one attached hydrogen (secondary N) is 2. The van der Waals surface area contributed by atoms with Gasteiger partial charge in [-0.3, -0.25) is 14.6 Å². The van der Waals surface area contributed by atoms with E-state index in [1.54, 1.807) is 45.9 Å². The fourth-order valence-electron chi connectivity index (χ4n) is 4.55. The van der Waals surface area contributed by atoms with Gasteiger partial charge in [0.25, 0.3) is 0 Å². The van der Waals surface area contributed by atoms with E-state index in [9.17, 15) is 9.59 Å². The quantitative estimate of drug-likeness (QED) is 0.535. The normalized spacial score (nSPS) is 14.1. The van der Waals surface area contributed by atoms with E-state index >= 15 is 0 Å². The van der Waals surface area contributed by atoms with Crippen LogP contribution in [0.4, 0.5) is 5.69 Å². The highest BCUT2D eigenvalue weighted by atomic mass is 16.5. The monoisotopic (exact) mass is 475 g/mol. The Bertz CT molecular complexity index is 1290. The first-order valence-electron chi connectivity index (χ1n) is 11.4. The molecule has 3 aromatic rings. The summed E-state index contributed by atoms with van der Waals surface area (Å²) < 4.78 is 17.0. The van der Waals surface area contributed by atoms with E-state index in [1.165, 1.54) is 6.92 Å². The molecule has 0 radical (unpaired) electrons. The molecule has 0 saturated carbocycles. The van der Waals surface area contributed by atoms with Gasteiger partial charge in [0, 0.05) is 31.4 Å². The molecule has 1 aromatic heterocycles. The molecule has 8 heteroatoms. The molecule has 1 aliphatic carbocycles. The highest BCUT2D eigenvalue weighted by molar-refractivity contribution is 5.83. The maximum Gasteiger partial charge on any atom is 0.217 e. The van der Waals surface area contributed by atoms with Crippen LogP contribution in [0.2, 0.25) is 0 Å². The van der Waals surface area contributed by atoms with Crippen LogP contribution in [0.1, 0.15) is 36.1 Å². The smallest absolute Gasteiger partial charge is 0.217 e. The van der Waals surface area contributed by atoms with Crippen molar-refractivity contribution in [2.75, 3.05) is 26.6 Å². The molecule has 1 amide bonds. The van der Waals surface area contributed by atoms with Crippen molar-refractivity contribution in [1.29, 1.82) is 0 Å². The number of amides is 1. The zero-order valence-corrected chi connectivity index (χ0v) is 20.3. The van der Waals surface area contributed by atoms with Gasteiger partial charge in [0.1, 0.15) is 0 Å². The van der Waals surface area contributed by atoms with Crippen LogP contribution in [0.15, 0.2) is 53.6 Å². The minimum Gasteiger partial charge on any atom is -0.493 e. The summed E-state index contributed by atoms with van der Waals surface area (Å²) in [7, 11) is 4.72. The van der Waals surface area contributed by atoms with Crippen molar-refractivity contribution in [2.24, 2.45) is 0 Å². The van der Waals surface area contributed by atoms with Crippen LogP contribution in [0.25, 0.3) is 11.1 Å². The number of hydrogen-bond acceptors (Lipinski definition) is 7. The summed E-state index contributed by atoms with van der Waals surface area (Å²) in [6.45, 7) is 1.96. The van der Waals surface area contributed by atoms with Gasteiger partial charge >= 0.3 is 0 Å². The molecule has 0 bridgehead atoms. The molecule has 0 saturated heterocycles. The average Bonchev–Trinajstić information content (AvgIpc) is 3.10. The second-order valence-corrected chi connectivity index (χ2v) is 8.30. The first kappa shape index (κ1) is 24.1. The molecule has 35 heavy (non-hydrogen) atoms. The topological polar surface area (TPSA) is 98.8 Å². The Morgan fingerprint density at radius 3 is 2.43 bits per heavy atom. The largest absolute Gasteiger partial charge is 0.493 e. The minimum absolute atomic E-state index is 0.163. The Morgan fingerprint density at radius 2 is 1.77 bits per heavy atom. The van der Waals surface area contributed by atoms with Gasteiger partial charge in [-0.1, -0.05) is 6.07 Å². The predicted octanol–water partition coefficient (Wildman–Crippen LogP) is 3.87. The van der Waals surface area contributed by atoms with Crippen LogP contribution in [0, 0.1) is 0 Å². The fourth-order valence-corrected chi connectivity index (χ4v) is 4.55. The third-order valence-electron chi connectivity index (χ3n) is 6.15. The zero-order valence-electron chi connectivity index (χ0n) is 20.3. The number of carbonyl (C=O) groups is 1. The number of aryl methyl sites for hydroxylation is 1. The van der Waals surface area contributed by atoms with Crippen LogP contribution < -0.4 is 30.3 Å². The number of aromatic nitrogens is 1. The fraction of sp³-hybridized carbons (Fsp3) is 0.296. The van der Waals surface area contributed by atoms with Crippen LogP contribution in [-0.2, 0) is 17.8 Å². The van der Waals surface area contributed by atoms with Gasteiger partial charge in [-0.25, -0.2) is 0 Å². The molecule has 2 aromatic carbocycles. The number of carbonyl (C=O) groups excluding carboxylic acids is 1. The van der Waals surface area contributed by atoms with Gasteiger partial charge < -0.3 is 24.8 Å². The molecule has 2 N–H and O–H groups in total. The third kappa shape index (κ3) is 4.91. The number of fused-ring (bicyclic) bond motifs is 3. The van der Waals surface area contributed by atoms with Crippen molar-refractivity contribution in [3.8, 4) is 28.4 Å². The SMILES string of the molecule is COc1cc2c(c(OC)c1OC)-c1ccc(NCc3ccncc3)c(=O)cc1C(NC(C)=O)CC2. The van der Waals surface area contributed by atoms with Crippen LogP contribution in [0.5, 0.6) is 17.2 Å². The summed E-state index contributed by atoms with van der Waals surface area (Å²) >= 11 is 0. The van der Waals surface area contributed by atoms with Crippen molar-refractivity contribution >= 4 is 11.6 Å². The van der Waals surface area contributed by atoms with Crippen LogP contribution in [-0.4, -0.2) is 32.2 Å². The summed E-state index contributed by atoms with van der Waals surface area (Å²) in [4.78, 5) is 29.4. The van der Waals surface area contributed by atoms with Gasteiger partial charge in [0.05, 0.1) is 33.1 Å². The maximum absolute atomic E-state index is 13.3. The second-order valence-electron chi connectivity index (χ2n) is 8.30. The molecular weight excluding hydrogens is 446 g/mol. The number of pyridine rings is 1. The maximum atomic E-state index is 13.3. The Hall–Kier alpha value is -4.07. The van der Waals surface area contributed by atoms with E-state index in [2.05, 4.69) is 15.6 Å². The van der Waals surface area contributed by atoms with E-state index in [0.29, 0.717) is 42.3 Å². The van der Waals surface area contributed by atoms with Gasteiger partial charge in [0.15, 0.2) is 11.5 Å². The summed E-state index contributed by atoms with van der Waals surface area (Å²) in [5.74, 6) is 1.40. The van der Waals surface area contributed by atoms with Crippen molar-refractivity contribution in [3.63, 3.8) is 0 Å². The van der Waals surface area contributed by atoms with Crippen molar-refractivity contribution in [2.45, 2.75) is 32.4 Å². The van der Waals surface area contributed by atoms with E-state index in [-0.39, 0.29) is 17.4 Å². The van der Waals surface area contributed by atoms with Crippen molar-refractivity contribution in [3.05, 3.63) is 75.7 Å². The Labute approximate surface area is 204 Å². The lowest BCUT2D eigenvalue weighted by Gasteiger charge is -2.19. The first-order valence-corrected chi connectivity index (χ1v) is 11.4. The first-order chi connectivity index (χ1) is 17.0. The van der Waals surface area contributed by atoms with Crippen LogP contribution >= 0.6 is 0 Å². The predicted molar refractivity (Wildman–Crippen MR) is 134 cm³/mol. The number of anilines is 1. The lowest BCUT2D eigenvalue weighted by atomic mass is 9.95. The standard InChI is InChI=1S/C27H29N3O5/c1-16(31)30-21-7-5-18-13-24(33-2)26(34-3)27(35-4)25(18)19-6-8-22(23(32)14-20(19)21)29-15-17-9-11-28-12-10-17/h6,8-14,21H,5,7,15H2,1-4H3,(H,29,32)(H,30,31).